The zero-order valence-electron chi connectivity index (χ0n) is 14.1. The third-order valence-electron chi connectivity index (χ3n) is 3.53. The highest BCUT2D eigenvalue weighted by atomic mass is 19.4. The normalized spacial score (nSPS) is 16.1. The van der Waals surface area contributed by atoms with Crippen molar-refractivity contribution in [2.45, 2.75) is 25.2 Å². The number of oxime groups is 1. The van der Waals surface area contributed by atoms with E-state index in [2.05, 4.69) is 25.1 Å². The van der Waals surface area contributed by atoms with E-state index in [9.17, 15) is 18.0 Å². The number of carbonyl (C=O) groups is 1. The van der Waals surface area contributed by atoms with E-state index in [0.29, 0.717) is 18.8 Å². The van der Waals surface area contributed by atoms with Gasteiger partial charge in [-0.3, -0.25) is 4.79 Å². The van der Waals surface area contributed by atoms with E-state index in [1.165, 1.54) is 30.5 Å². The number of benzene rings is 1. The number of nitrogens with one attached hydrogen (secondary N) is 1. The molecule has 0 radical (unpaired) electrons. The minimum atomic E-state index is -4.71. The fourth-order valence-electron chi connectivity index (χ4n) is 2.04. The number of ether oxygens (including phenoxy) is 1. The summed E-state index contributed by atoms with van der Waals surface area (Å²) in [6, 6.07) is 5.36. The van der Waals surface area contributed by atoms with Crippen LogP contribution in [0, 0.1) is 0 Å². The van der Waals surface area contributed by atoms with Crippen molar-refractivity contribution >= 4 is 12.1 Å². The molecule has 1 N–H and O–H groups in total. The number of carbonyl (C=O) groups excluding carboxylic acids is 1. The lowest BCUT2D eigenvalue weighted by molar-refractivity contribution is -0.159. The summed E-state index contributed by atoms with van der Waals surface area (Å²) in [5.41, 5.74) is 0.600. The Bertz CT molecular complexity index is 816. The molecule has 11 heteroatoms. The van der Waals surface area contributed by atoms with Gasteiger partial charge in [0.2, 0.25) is 5.82 Å². The average Bonchev–Trinajstić information content (AvgIpc) is 3.07. The first kappa shape index (κ1) is 18.8. The third kappa shape index (κ3) is 4.82. The van der Waals surface area contributed by atoms with Crippen molar-refractivity contribution in [2.24, 2.45) is 5.16 Å². The first-order valence-electron chi connectivity index (χ1n) is 7.92. The highest BCUT2D eigenvalue weighted by molar-refractivity contribution is 5.96. The molecule has 0 aliphatic carbocycles. The van der Waals surface area contributed by atoms with Crippen LogP contribution in [-0.2, 0) is 15.8 Å². The van der Waals surface area contributed by atoms with Crippen LogP contribution >= 0.6 is 0 Å². The van der Waals surface area contributed by atoms with Gasteiger partial charge in [0.05, 0.1) is 25.5 Å². The standard InChI is InChI=1S/C16H15F3N4O4/c1-9(6-20-26-12-7-25-8-12)21-14(24)11-4-2-10(3-5-11)13-22-15(27-23-13)16(17,18)19/h2-6,9,12H,7-8H2,1H3,(H,21,24). The monoisotopic (exact) mass is 384 g/mol. The number of hydrogen-bond donors (Lipinski definition) is 1. The predicted octanol–water partition coefficient (Wildman–Crippen LogP) is 2.27. The average molecular weight is 384 g/mol. The van der Waals surface area contributed by atoms with Gasteiger partial charge in [0.1, 0.15) is 0 Å². The first-order chi connectivity index (χ1) is 12.8. The van der Waals surface area contributed by atoms with E-state index in [1.807, 2.05) is 0 Å². The summed E-state index contributed by atoms with van der Waals surface area (Å²) in [5.74, 6) is -2.02. The van der Waals surface area contributed by atoms with Crippen LogP contribution in [0.4, 0.5) is 13.2 Å². The van der Waals surface area contributed by atoms with Crippen LogP contribution in [0.2, 0.25) is 0 Å². The summed E-state index contributed by atoms with van der Waals surface area (Å²) in [6.07, 6.45) is -3.32. The second-order valence-corrected chi connectivity index (χ2v) is 5.78. The maximum atomic E-state index is 12.5. The van der Waals surface area contributed by atoms with Crippen molar-refractivity contribution in [3.05, 3.63) is 35.7 Å². The maximum absolute atomic E-state index is 12.5. The molecule has 1 saturated heterocycles. The van der Waals surface area contributed by atoms with E-state index in [1.54, 1.807) is 6.92 Å². The van der Waals surface area contributed by atoms with Gasteiger partial charge in [0.15, 0.2) is 6.10 Å². The molecular weight excluding hydrogens is 369 g/mol. The highest BCUT2D eigenvalue weighted by Gasteiger charge is 2.38. The van der Waals surface area contributed by atoms with Crippen LogP contribution in [-0.4, -0.2) is 47.6 Å². The van der Waals surface area contributed by atoms with E-state index in [0.717, 1.165) is 0 Å². The molecule has 3 rings (SSSR count). The zero-order valence-corrected chi connectivity index (χ0v) is 14.1. The Kier molecular flexibility index (Phi) is 5.40. The fraction of sp³-hybridized carbons (Fsp3) is 0.375. The number of halogens is 3. The lowest BCUT2D eigenvalue weighted by Gasteiger charge is -2.23. The molecule has 1 unspecified atom stereocenters. The Balaban J connectivity index is 1.57. The third-order valence-corrected chi connectivity index (χ3v) is 3.53. The van der Waals surface area contributed by atoms with Crippen LogP contribution in [0.1, 0.15) is 23.2 Å². The molecule has 144 valence electrons. The van der Waals surface area contributed by atoms with Crippen molar-refractivity contribution in [3.8, 4) is 11.4 Å². The minimum absolute atomic E-state index is 0.0558. The van der Waals surface area contributed by atoms with Gasteiger partial charge in [-0.05, 0) is 19.1 Å². The predicted molar refractivity (Wildman–Crippen MR) is 85.8 cm³/mol. The topological polar surface area (TPSA) is 98.8 Å². The Morgan fingerprint density at radius 2 is 2.07 bits per heavy atom. The summed E-state index contributed by atoms with van der Waals surface area (Å²) >= 11 is 0. The Morgan fingerprint density at radius 3 is 2.63 bits per heavy atom. The number of hydrogen-bond acceptors (Lipinski definition) is 7. The summed E-state index contributed by atoms with van der Waals surface area (Å²) in [5, 5.41) is 9.76. The molecule has 8 nitrogen and oxygen atoms in total. The van der Waals surface area contributed by atoms with Crippen molar-refractivity contribution < 1.29 is 32.1 Å². The van der Waals surface area contributed by atoms with Crippen LogP contribution < -0.4 is 5.32 Å². The molecule has 1 aromatic heterocycles. The molecule has 1 aliphatic heterocycles. The van der Waals surface area contributed by atoms with Gasteiger partial charge in [-0.25, -0.2) is 0 Å². The van der Waals surface area contributed by atoms with Gasteiger partial charge in [-0.2, -0.15) is 18.2 Å². The first-order valence-corrected chi connectivity index (χ1v) is 7.92. The van der Waals surface area contributed by atoms with Crippen LogP contribution in [0.25, 0.3) is 11.4 Å². The summed E-state index contributed by atoms with van der Waals surface area (Å²) in [4.78, 5) is 20.6. The number of amides is 1. The second-order valence-electron chi connectivity index (χ2n) is 5.78. The van der Waals surface area contributed by atoms with E-state index < -0.39 is 12.1 Å². The largest absolute Gasteiger partial charge is 0.471 e. The molecule has 1 aliphatic rings. The Morgan fingerprint density at radius 1 is 1.37 bits per heavy atom. The van der Waals surface area contributed by atoms with Gasteiger partial charge < -0.3 is 19.4 Å². The number of aromatic nitrogens is 2. The molecule has 2 heterocycles. The maximum Gasteiger partial charge on any atom is 0.471 e. The van der Waals surface area contributed by atoms with E-state index >= 15 is 0 Å². The summed E-state index contributed by atoms with van der Waals surface area (Å²) in [7, 11) is 0. The van der Waals surface area contributed by atoms with Crippen LogP contribution in [0.5, 0.6) is 0 Å². The Labute approximate surface area is 151 Å². The number of nitrogens with zero attached hydrogens (tertiary/aromatic N) is 3. The van der Waals surface area contributed by atoms with Crippen molar-refractivity contribution in [3.63, 3.8) is 0 Å². The van der Waals surface area contributed by atoms with Gasteiger partial charge in [0.25, 0.3) is 5.91 Å². The molecular formula is C16H15F3N4O4. The van der Waals surface area contributed by atoms with Gasteiger partial charge in [-0.15, -0.1) is 0 Å². The molecule has 1 amide bonds. The molecule has 2 aromatic rings. The van der Waals surface area contributed by atoms with Crippen LogP contribution in [0.15, 0.2) is 33.9 Å². The molecule has 0 spiro atoms. The zero-order chi connectivity index (χ0) is 19.4. The SMILES string of the molecule is CC(C=NOC1COC1)NC(=O)c1ccc(-c2noc(C(F)(F)F)n2)cc1. The van der Waals surface area contributed by atoms with Crippen LogP contribution in [0.3, 0.4) is 0 Å². The summed E-state index contributed by atoms with van der Waals surface area (Å²) < 4.78 is 46.6. The number of alkyl halides is 3. The van der Waals surface area contributed by atoms with Crippen molar-refractivity contribution in [2.75, 3.05) is 13.2 Å². The molecule has 0 bridgehead atoms. The smallest absolute Gasteiger partial charge is 0.388 e. The van der Waals surface area contributed by atoms with Gasteiger partial charge in [-0.1, -0.05) is 22.4 Å². The van der Waals surface area contributed by atoms with E-state index in [-0.39, 0.29) is 29.4 Å². The summed E-state index contributed by atoms with van der Waals surface area (Å²) in [6.45, 7) is 2.71. The molecule has 27 heavy (non-hydrogen) atoms. The highest BCUT2D eigenvalue weighted by Crippen LogP contribution is 2.29. The van der Waals surface area contributed by atoms with E-state index in [4.69, 9.17) is 9.57 Å². The molecule has 0 saturated carbocycles. The molecule has 1 aromatic carbocycles. The number of rotatable bonds is 6. The van der Waals surface area contributed by atoms with Gasteiger partial charge in [0, 0.05) is 11.1 Å². The minimum Gasteiger partial charge on any atom is -0.388 e. The fourth-order valence-corrected chi connectivity index (χ4v) is 2.04. The second kappa shape index (κ2) is 7.74. The quantitative estimate of drug-likeness (QED) is 0.606. The lowest BCUT2D eigenvalue weighted by atomic mass is 10.1. The molecule has 1 atom stereocenters. The lowest BCUT2D eigenvalue weighted by Crippen LogP contribution is -2.36. The molecule has 1 fully saturated rings. The Hall–Kier alpha value is -2.95. The van der Waals surface area contributed by atoms with Crippen molar-refractivity contribution in [1.29, 1.82) is 0 Å². The van der Waals surface area contributed by atoms with Gasteiger partial charge >= 0.3 is 12.1 Å². The van der Waals surface area contributed by atoms with Crippen molar-refractivity contribution in [1.82, 2.24) is 15.5 Å².